The Morgan fingerprint density at radius 3 is 2.62 bits per heavy atom. The lowest BCUT2D eigenvalue weighted by Gasteiger charge is -2.28. The van der Waals surface area contributed by atoms with Crippen LogP contribution in [0.25, 0.3) is 10.9 Å². The minimum atomic E-state index is -3.53. The molecule has 112 valence electrons. The molecule has 1 aliphatic heterocycles. The highest BCUT2D eigenvalue weighted by atomic mass is 35.5. The molecular formula is C14H15ClN2O3S. The van der Waals surface area contributed by atoms with Crippen LogP contribution in [0.4, 0.5) is 0 Å². The standard InChI is InChI=1S/C14H15ClN2O3S/c15-14-4-1-10-9-12(2-3-13(10)16-14)21(19,20)17-7-5-11(18)6-8-17/h1-4,9,11,18H,5-8H2. The molecule has 21 heavy (non-hydrogen) atoms. The lowest BCUT2D eigenvalue weighted by Crippen LogP contribution is -2.39. The molecule has 5 nitrogen and oxygen atoms in total. The van der Waals surface area contributed by atoms with E-state index >= 15 is 0 Å². The van der Waals surface area contributed by atoms with Crippen LogP contribution in [0.2, 0.25) is 5.15 Å². The molecular weight excluding hydrogens is 312 g/mol. The molecule has 7 heteroatoms. The number of halogens is 1. The van der Waals surface area contributed by atoms with E-state index in [9.17, 15) is 13.5 Å². The zero-order valence-electron chi connectivity index (χ0n) is 11.2. The first-order chi connectivity index (χ1) is 9.96. The van der Waals surface area contributed by atoms with Crippen LogP contribution in [0.3, 0.4) is 0 Å². The molecule has 2 heterocycles. The molecule has 0 spiro atoms. The fraction of sp³-hybridized carbons (Fsp3) is 0.357. The summed E-state index contributed by atoms with van der Waals surface area (Å²) in [6.45, 7) is 0.695. The van der Waals surface area contributed by atoms with Crippen molar-refractivity contribution < 1.29 is 13.5 Å². The Labute approximate surface area is 128 Å². The highest BCUT2D eigenvalue weighted by Crippen LogP contribution is 2.24. The van der Waals surface area contributed by atoms with Crippen molar-refractivity contribution in [3.05, 3.63) is 35.5 Å². The molecule has 1 aliphatic rings. The Bertz CT molecular complexity index is 771. The zero-order chi connectivity index (χ0) is 15.0. The monoisotopic (exact) mass is 326 g/mol. The summed E-state index contributed by atoms with van der Waals surface area (Å²) in [6, 6.07) is 8.21. The van der Waals surface area contributed by atoms with Crippen LogP contribution in [0.15, 0.2) is 35.2 Å². The topological polar surface area (TPSA) is 70.5 Å². The Balaban J connectivity index is 1.97. The molecule has 0 atom stereocenters. The van der Waals surface area contributed by atoms with Gasteiger partial charge < -0.3 is 5.11 Å². The molecule has 0 unspecified atom stereocenters. The first-order valence-electron chi connectivity index (χ1n) is 6.71. The molecule has 1 fully saturated rings. The van der Waals surface area contributed by atoms with Gasteiger partial charge in [0.2, 0.25) is 10.0 Å². The summed E-state index contributed by atoms with van der Waals surface area (Å²) < 4.78 is 26.6. The predicted octanol–water partition coefficient (Wildman–Crippen LogP) is 2.03. The van der Waals surface area contributed by atoms with Crippen LogP contribution in [0, 0.1) is 0 Å². The van der Waals surface area contributed by atoms with Crippen molar-refractivity contribution in [1.82, 2.24) is 9.29 Å². The fourth-order valence-corrected chi connectivity index (χ4v) is 4.13. The summed E-state index contributed by atoms with van der Waals surface area (Å²) in [5.41, 5.74) is 0.663. The second kappa shape index (κ2) is 5.53. The highest BCUT2D eigenvalue weighted by molar-refractivity contribution is 7.89. The molecule has 0 aliphatic carbocycles. The number of aliphatic hydroxyl groups is 1. The molecule has 3 rings (SSSR count). The largest absolute Gasteiger partial charge is 0.393 e. The average molecular weight is 327 g/mol. The number of aliphatic hydroxyl groups excluding tert-OH is 1. The Morgan fingerprint density at radius 2 is 1.90 bits per heavy atom. The van der Waals surface area contributed by atoms with Crippen LogP contribution in [-0.2, 0) is 10.0 Å². The van der Waals surface area contributed by atoms with Gasteiger partial charge in [0.25, 0.3) is 0 Å². The average Bonchev–Trinajstić information content (AvgIpc) is 2.47. The zero-order valence-corrected chi connectivity index (χ0v) is 12.8. The van der Waals surface area contributed by atoms with Crippen molar-refractivity contribution in [3.8, 4) is 0 Å². The van der Waals surface area contributed by atoms with Crippen molar-refractivity contribution in [2.75, 3.05) is 13.1 Å². The number of benzene rings is 1. The molecule has 0 amide bonds. The van der Waals surface area contributed by atoms with E-state index in [1.54, 1.807) is 30.3 Å². The van der Waals surface area contributed by atoms with E-state index in [2.05, 4.69) is 4.98 Å². The molecule has 0 saturated carbocycles. The number of rotatable bonds is 2. The number of hydrogen-bond acceptors (Lipinski definition) is 4. The van der Waals surface area contributed by atoms with E-state index in [4.69, 9.17) is 11.6 Å². The number of hydrogen-bond donors (Lipinski definition) is 1. The van der Waals surface area contributed by atoms with Crippen LogP contribution in [-0.4, -0.2) is 42.0 Å². The third-order valence-electron chi connectivity index (χ3n) is 3.69. The van der Waals surface area contributed by atoms with Crippen molar-refractivity contribution in [1.29, 1.82) is 0 Å². The van der Waals surface area contributed by atoms with Crippen molar-refractivity contribution in [3.63, 3.8) is 0 Å². The second-order valence-corrected chi connectivity index (χ2v) is 7.45. The molecule has 0 bridgehead atoms. The number of nitrogens with zero attached hydrogens (tertiary/aromatic N) is 2. The summed E-state index contributed by atoms with van der Waals surface area (Å²) in [5, 5.41) is 10.6. The van der Waals surface area contributed by atoms with Crippen LogP contribution < -0.4 is 0 Å². The van der Waals surface area contributed by atoms with Gasteiger partial charge in [-0.15, -0.1) is 0 Å². The summed E-state index contributed by atoms with van der Waals surface area (Å²) in [4.78, 5) is 4.39. The number of fused-ring (bicyclic) bond motifs is 1. The summed E-state index contributed by atoms with van der Waals surface area (Å²) in [7, 11) is -3.53. The third-order valence-corrected chi connectivity index (χ3v) is 5.79. The summed E-state index contributed by atoms with van der Waals surface area (Å²) >= 11 is 5.82. The molecule has 1 saturated heterocycles. The minimum absolute atomic E-state index is 0.246. The Hall–Kier alpha value is -1.21. The number of pyridine rings is 1. The van der Waals surface area contributed by atoms with Gasteiger partial charge >= 0.3 is 0 Å². The summed E-state index contributed by atoms with van der Waals surface area (Å²) in [6.07, 6.45) is 0.549. The van der Waals surface area contributed by atoms with E-state index in [-0.39, 0.29) is 4.90 Å². The van der Waals surface area contributed by atoms with Crippen molar-refractivity contribution in [2.24, 2.45) is 0 Å². The van der Waals surface area contributed by atoms with Crippen molar-refractivity contribution >= 4 is 32.5 Å². The van der Waals surface area contributed by atoms with Crippen LogP contribution in [0.1, 0.15) is 12.8 Å². The lowest BCUT2D eigenvalue weighted by molar-refractivity contribution is 0.113. The number of sulfonamides is 1. The lowest BCUT2D eigenvalue weighted by atomic mass is 10.1. The smallest absolute Gasteiger partial charge is 0.243 e. The number of aromatic nitrogens is 1. The molecule has 2 aromatic rings. The first-order valence-corrected chi connectivity index (χ1v) is 8.53. The molecule has 0 radical (unpaired) electrons. The van der Waals surface area contributed by atoms with E-state index in [0.717, 1.165) is 5.39 Å². The summed E-state index contributed by atoms with van der Waals surface area (Å²) in [5.74, 6) is 0. The normalized spacial score (nSPS) is 18.2. The van der Waals surface area contributed by atoms with Gasteiger partial charge in [0.1, 0.15) is 5.15 Å². The van der Waals surface area contributed by atoms with Gasteiger partial charge in [-0.2, -0.15) is 4.31 Å². The number of piperidine rings is 1. The van der Waals surface area contributed by atoms with E-state index in [0.29, 0.717) is 36.6 Å². The highest BCUT2D eigenvalue weighted by Gasteiger charge is 2.28. The maximum atomic E-state index is 12.6. The second-order valence-electron chi connectivity index (χ2n) is 5.12. The van der Waals surface area contributed by atoms with E-state index in [1.165, 1.54) is 4.31 Å². The van der Waals surface area contributed by atoms with E-state index in [1.807, 2.05) is 0 Å². The van der Waals surface area contributed by atoms with Gasteiger partial charge in [0.15, 0.2) is 0 Å². The van der Waals surface area contributed by atoms with E-state index < -0.39 is 16.1 Å². The van der Waals surface area contributed by atoms with Gasteiger partial charge in [0.05, 0.1) is 16.5 Å². The Morgan fingerprint density at radius 1 is 1.19 bits per heavy atom. The SMILES string of the molecule is O=S(=O)(c1ccc2nc(Cl)ccc2c1)N1CCC(O)CC1. The molecule has 1 aromatic heterocycles. The van der Waals surface area contributed by atoms with Gasteiger partial charge in [-0.25, -0.2) is 13.4 Å². The fourth-order valence-electron chi connectivity index (χ4n) is 2.47. The predicted molar refractivity (Wildman–Crippen MR) is 80.8 cm³/mol. The molecule has 1 N–H and O–H groups in total. The van der Waals surface area contributed by atoms with Gasteiger partial charge in [-0.3, -0.25) is 0 Å². The van der Waals surface area contributed by atoms with Gasteiger partial charge in [-0.05, 0) is 43.2 Å². The quantitative estimate of drug-likeness (QED) is 0.857. The van der Waals surface area contributed by atoms with Gasteiger partial charge in [-0.1, -0.05) is 11.6 Å². The maximum Gasteiger partial charge on any atom is 0.243 e. The van der Waals surface area contributed by atoms with Crippen LogP contribution >= 0.6 is 11.6 Å². The van der Waals surface area contributed by atoms with Crippen molar-refractivity contribution in [2.45, 2.75) is 23.8 Å². The third kappa shape index (κ3) is 2.89. The van der Waals surface area contributed by atoms with Crippen LogP contribution in [0.5, 0.6) is 0 Å². The minimum Gasteiger partial charge on any atom is -0.393 e. The Kier molecular flexibility index (Phi) is 3.88. The first kappa shape index (κ1) is 14.7. The maximum absolute atomic E-state index is 12.6. The van der Waals surface area contributed by atoms with Gasteiger partial charge in [0, 0.05) is 18.5 Å². The molecule has 1 aromatic carbocycles.